The second kappa shape index (κ2) is 20.6. The monoisotopic (exact) mass is 480 g/mol. The predicted octanol–water partition coefficient (Wildman–Crippen LogP) is 10.3. The molecule has 0 radical (unpaired) electrons. The van der Waals surface area contributed by atoms with Gasteiger partial charge in [0, 0.05) is 19.2 Å². The maximum atomic E-state index is 5.12. The van der Waals surface area contributed by atoms with Crippen molar-refractivity contribution in [2.24, 2.45) is 0 Å². The molecule has 0 aliphatic carbocycles. The summed E-state index contributed by atoms with van der Waals surface area (Å²) in [5.74, 6) is 1.35. The Balaban J connectivity index is 1.72. The number of hydrogen-bond acceptors (Lipinski definition) is 1. The number of unbranched alkanes of at least 4 members (excludes halogenated alkanes) is 15. The van der Waals surface area contributed by atoms with Gasteiger partial charge in [0.25, 0.3) is 0 Å². The van der Waals surface area contributed by atoms with Crippen LogP contribution in [0.5, 0.6) is 0 Å². The van der Waals surface area contributed by atoms with Crippen LogP contribution >= 0.6 is 0 Å². The summed E-state index contributed by atoms with van der Waals surface area (Å²) < 4.78 is 2.51. The van der Waals surface area contributed by atoms with Crippen molar-refractivity contribution in [3.8, 4) is 0 Å². The maximum absolute atomic E-state index is 5.12. The van der Waals surface area contributed by atoms with Crippen LogP contribution in [0.3, 0.4) is 0 Å². The molecule has 1 aromatic carbocycles. The Labute approximate surface area is 218 Å². The van der Waals surface area contributed by atoms with E-state index in [0.29, 0.717) is 0 Å². The number of rotatable bonds is 23. The highest BCUT2D eigenvalue weighted by atomic mass is 15.1. The van der Waals surface area contributed by atoms with Crippen molar-refractivity contribution in [1.29, 1.82) is 0 Å². The van der Waals surface area contributed by atoms with Gasteiger partial charge in [0.2, 0.25) is 0 Å². The molecule has 198 valence electrons. The van der Waals surface area contributed by atoms with Gasteiger partial charge in [-0.25, -0.2) is 4.98 Å². The number of aromatic nitrogens is 2. The standard InChI is InChI=1S/C33H56N2/c1-3-5-7-9-11-13-15-17-22-29-35-30-32(27-23-26-31-24-19-18-20-25-31)34-33(35)28-21-16-14-12-10-8-6-4-2/h18-20,24-25,30H,3-17,21-23,26-29H2,1-2H3. The number of hydrogen-bond donors (Lipinski definition) is 0. The highest BCUT2D eigenvalue weighted by Crippen LogP contribution is 2.16. The fourth-order valence-electron chi connectivity index (χ4n) is 5.15. The lowest BCUT2D eigenvalue weighted by Gasteiger charge is -2.08. The van der Waals surface area contributed by atoms with E-state index in [2.05, 4.69) is 54.9 Å². The van der Waals surface area contributed by atoms with Crippen LogP contribution in [0.25, 0.3) is 0 Å². The van der Waals surface area contributed by atoms with Gasteiger partial charge in [-0.05, 0) is 37.7 Å². The Morgan fingerprint density at radius 3 is 1.69 bits per heavy atom. The van der Waals surface area contributed by atoms with E-state index in [9.17, 15) is 0 Å². The minimum absolute atomic E-state index is 1.10. The summed E-state index contributed by atoms with van der Waals surface area (Å²) in [6.45, 7) is 5.76. The van der Waals surface area contributed by atoms with E-state index < -0.39 is 0 Å². The van der Waals surface area contributed by atoms with Crippen molar-refractivity contribution < 1.29 is 0 Å². The molecule has 2 heteroatoms. The van der Waals surface area contributed by atoms with Gasteiger partial charge in [-0.3, -0.25) is 0 Å². The van der Waals surface area contributed by atoms with Crippen LogP contribution in [0.4, 0.5) is 0 Å². The molecule has 0 fully saturated rings. The van der Waals surface area contributed by atoms with E-state index in [1.807, 2.05) is 0 Å². The lowest BCUT2D eigenvalue weighted by molar-refractivity contribution is 0.524. The number of nitrogens with zero attached hydrogens (tertiary/aromatic N) is 2. The lowest BCUT2D eigenvalue weighted by atomic mass is 10.1. The Bertz CT molecular complexity index is 718. The Morgan fingerprint density at radius 1 is 0.543 bits per heavy atom. The smallest absolute Gasteiger partial charge is 0.108 e. The predicted molar refractivity (Wildman–Crippen MR) is 154 cm³/mol. The molecule has 2 aromatic rings. The van der Waals surface area contributed by atoms with Crippen molar-refractivity contribution >= 4 is 0 Å². The molecule has 35 heavy (non-hydrogen) atoms. The minimum Gasteiger partial charge on any atom is -0.335 e. The molecule has 1 heterocycles. The lowest BCUT2D eigenvalue weighted by Crippen LogP contribution is -2.03. The topological polar surface area (TPSA) is 17.8 Å². The molecule has 0 saturated heterocycles. The second-order valence-corrected chi connectivity index (χ2v) is 10.7. The van der Waals surface area contributed by atoms with Crippen LogP contribution in [0.2, 0.25) is 0 Å². The largest absolute Gasteiger partial charge is 0.335 e. The van der Waals surface area contributed by atoms with Crippen LogP contribution in [-0.4, -0.2) is 9.55 Å². The molecular formula is C33H56N2. The molecule has 0 aliphatic rings. The van der Waals surface area contributed by atoms with Gasteiger partial charge in [-0.15, -0.1) is 0 Å². The van der Waals surface area contributed by atoms with Crippen molar-refractivity contribution in [2.45, 2.75) is 155 Å². The Hall–Kier alpha value is -1.57. The molecule has 0 spiro atoms. The first-order valence-electron chi connectivity index (χ1n) is 15.4. The molecule has 0 bridgehead atoms. The van der Waals surface area contributed by atoms with Crippen LogP contribution in [-0.2, 0) is 25.8 Å². The van der Waals surface area contributed by atoms with Crippen molar-refractivity contribution in [3.63, 3.8) is 0 Å². The zero-order chi connectivity index (χ0) is 24.8. The van der Waals surface area contributed by atoms with E-state index in [1.54, 1.807) is 0 Å². The van der Waals surface area contributed by atoms with Crippen LogP contribution < -0.4 is 0 Å². The fourth-order valence-corrected chi connectivity index (χ4v) is 5.15. The van der Waals surface area contributed by atoms with Gasteiger partial charge in [0.05, 0.1) is 5.69 Å². The normalized spacial score (nSPS) is 11.4. The van der Waals surface area contributed by atoms with Gasteiger partial charge in [0.1, 0.15) is 5.82 Å². The third-order valence-corrected chi connectivity index (χ3v) is 7.41. The summed E-state index contributed by atoms with van der Waals surface area (Å²) in [6, 6.07) is 10.9. The highest BCUT2D eigenvalue weighted by Gasteiger charge is 2.08. The second-order valence-electron chi connectivity index (χ2n) is 10.7. The summed E-state index contributed by atoms with van der Waals surface area (Å²) in [5, 5.41) is 0. The molecule has 2 nitrogen and oxygen atoms in total. The van der Waals surface area contributed by atoms with Gasteiger partial charge in [-0.1, -0.05) is 140 Å². The Morgan fingerprint density at radius 2 is 1.09 bits per heavy atom. The van der Waals surface area contributed by atoms with Gasteiger partial charge < -0.3 is 4.57 Å². The molecule has 1 aromatic heterocycles. The number of benzene rings is 1. The zero-order valence-electron chi connectivity index (χ0n) is 23.4. The van der Waals surface area contributed by atoms with Gasteiger partial charge in [0.15, 0.2) is 0 Å². The summed E-state index contributed by atoms with van der Waals surface area (Å²) in [7, 11) is 0. The molecule has 0 aliphatic heterocycles. The van der Waals surface area contributed by atoms with E-state index in [0.717, 1.165) is 25.8 Å². The van der Waals surface area contributed by atoms with Crippen LogP contribution in [0.1, 0.15) is 147 Å². The maximum Gasteiger partial charge on any atom is 0.108 e. The van der Waals surface area contributed by atoms with Crippen molar-refractivity contribution in [1.82, 2.24) is 9.55 Å². The number of imidazole rings is 1. The first-order valence-corrected chi connectivity index (χ1v) is 15.4. The summed E-state index contributed by atoms with van der Waals surface area (Å²) in [5.41, 5.74) is 2.76. The molecule has 0 N–H and O–H groups in total. The van der Waals surface area contributed by atoms with Gasteiger partial charge >= 0.3 is 0 Å². The third kappa shape index (κ3) is 14.6. The highest BCUT2D eigenvalue weighted by molar-refractivity contribution is 5.15. The van der Waals surface area contributed by atoms with E-state index >= 15 is 0 Å². The molecule has 0 atom stereocenters. The quantitative estimate of drug-likeness (QED) is 0.145. The summed E-state index contributed by atoms with van der Waals surface area (Å²) >= 11 is 0. The Kier molecular flexibility index (Phi) is 17.5. The SMILES string of the molecule is CCCCCCCCCCCn1cc(CCCc2ccccc2)nc1CCCCCCCCCC. The van der Waals surface area contributed by atoms with E-state index in [4.69, 9.17) is 4.98 Å². The van der Waals surface area contributed by atoms with Crippen molar-refractivity contribution in [2.75, 3.05) is 0 Å². The van der Waals surface area contributed by atoms with E-state index in [1.165, 1.54) is 133 Å². The average Bonchev–Trinajstić information content (AvgIpc) is 3.26. The zero-order valence-corrected chi connectivity index (χ0v) is 23.4. The molecule has 0 amide bonds. The summed E-state index contributed by atoms with van der Waals surface area (Å²) in [4.78, 5) is 5.12. The third-order valence-electron chi connectivity index (χ3n) is 7.41. The minimum atomic E-state index is 1.10. The first kappa shape index (κ1) is 29.7. The molecule has 0 saturated carbocycles. The van der Waals surface area contributed by atoms with Crippen LogP contribution in [0.15, 0.2) is 36.5 Å². The molecule has 2 rings (SSSR count). The van der Waals surface area contributed by atoms with E-state index in [-0.39, 0.29) is 0 Å². The number of aryl methyl sites for hydroxylation is 4. The molecule has 0 unspecified atom stereocenters. The fraction of sp³-hybridized carbons (Fsp3) is 0.727. The van der Waals surface area contributed by atoms with Crippen LogP contribution in [0, 0.1) is 0 Å². The van der Waals surface area contributed by atoms with Crippen molar-refractivity contribution in [3.05, 3.63) is 53.6 Å². The summed E-state index contributed by atoms with van der Waals surface area (Å²) in [6.07, 6.45) is 30.6. The molecular weight excluding hydrogens is 424 g/mol. The average molecular weight is 481 g/mol. The van der Waals surface area contributed by atoms with Gasteiger partial charge in [-0.2, -0.15) is 0 Å². The first-order chi connectivity index (χ1) is 17.3.